The van der Waals surface area contributed by atoms with Crippen molar-refractivity contribution in [2.45, 2.75) is 51.5 Å². The quantitative estimate of drug-likeness (QED) is 0.466. The van der Waals surface area contributed by atoms with Crippen LogP contribution < -0.4 is 14.8 Å². The average Bonchev–Trinajstić information content (AvgIpc) is 3.29. The van der Waals surface area contributed by atoms with Crippen molar-refractivity contribution in [3.05, 3.63) is 53.0 Å². The summed E-state index contributed by atoms with van der Waals surface area (Å²) in [5.41, 5.74) is 1.24. The Labute approximate surface area is 208 Å². The lowest BCUT2D eigenvalue weighted by Crippen LogP contribution is -2.39. The van der Waals surface area contributed by atoms with Crippen molar-refractivity contribution in [1.82, 2.24) is 10.3 Å². The molecule has 1 saturated carbocycles. The zero-order valence-corrected chi connectivity index (χ0v) is 20.7. The summed E-state index contributed by atoms with van der Waals surface area (Å²) in [5.74, 6) is 0.763. The van der Waals surface area contributed by atoms with Gasteiger partial charge in [-0.1, -0.05) is 37.5 Å². The zero-order valence-electron chi connectivity index (χ0n) is 19.9. The molecule has 1 N–H and O–H groups in total. The van der Waals surface area contributed by atoms with Gasteiger partial charge in [0.15, 0.2) is 18.1 Å². The molecule has 1 aliphatic carbocycles. The molecule has 2 aliphatic rings. The third-order valence-corrected chi connectivity index (χ3v) is 7.89. The van der Waals surface area contributed by atoms with Gasteiger partial charge >= 0.3 is 5.97 Å². The number of esters is 1. The third kappa shape index (κ3) is 5.27. The van der Waals surface area contributed by atoms with Gasteiger partial charge in [-0.3, -0.25) is 9.59 Å². The molecule has 1 fully saturated rings. The monoisotopic (exact) mass is 494 g/mol. The van der Waals surface area contributed by atoms with Crippen molar-refractivity contribution in [3.8, 4) is 11.5 Å². The van der Waals surface area contributed by atoms with Crippen LogP contribution in [0.2, 0.25) is 0 Å². The average molecular weight is 495 g/mol. The lowest BCUT2D eigenvalue weighted by atomic mass is 9.72. The van der Waals surface area contributed by atoms with E-state index >= 15 is 0 Å². The lowest BCUT2D eigenvalue weighted by Gasteiger charge is -2.34. The molecule has 1 unspecified atom stereocenters. The topological polar surface area (TPSA) is 86.8 Å². The maximum Gasteiger partial charge on any atom is 0.313 e. The van der Waals surface area contributed by atoms with Crippen molar-refractivity contribution < 1.29 is 23.8 Å². The van der Waals surface area contributed by atoms with Gasteiger partial charge in [0.05, 0.1) is 26.7 Å². The Morgan fingerprint density at radius 1 is 1.09 bits per heavy atom. The van der Waals surface area contributed by atoms with E-state index in [9.17, 15) is 9.59 Å². The zero-order chi connectivity index (χ0) is 24.3. The van der Waals surface area contributed by atoms with Crippen LogP contribution in [0.5, 0.6) is 11.5 Å². The van der Waals surface area contributed by atoms with Gasteiger partial charge in [0.2, 0.25) is 0 Å². The highest BCUT2D eigenvalue weighted by Crippen LogP contribution is 2.41. The van der Waals surface area contributed by atoms with Gasteiger partial charge in [0, 0.05) is 6.42 Å². The van der Waals surface area contributed by atoms with Gasteiger partial charge < -0.3 is 19.5 Å². The van der Waals surface area contributed by atoms with Crippen molar-refractivity contribution in [2.24, 2.45) is 5.41 Å². The van der Waals surface area contributed by atoms with Crippen LogP contribution in [0.3, 0.4) is 0 Å². The van der Waals surface area contributed by atoms with Crippen molar-refractivity contribution in [3.63, 3.8) is 0 Å². The summed E-state index contributed by atoms with van der Waals surface area (Å²) < 4.78 is 17.9. The molecule has 0 saturated heterocycles. The van der Waals surface area contributed by atoms with Crippen LogP contribution in [0.25, 0.3) is 10.2 Å². The van der Waals surface area contributed by atoms with Gasteiger partial charge in [-0.2, -0.15) is 0 Å². The molecule has 1 atom stereocenters. The van der Waals surface area contributed by atoms with E-state index in [0.717, 1.165) is 52.9 Å². The number of rotatable bonds is 7. The van der Waals surface area contributed by atoms with Gasteiger partial charge in [-0.15, -0.1) is 11.3 Å². The smallest absolute Gasteiger partial charge is 0.313 e. The van der Waals surface area contributed by atoms with Crippen LogP contribution >= 0.6 is 11.3 Å². The summed E-state index contributed by atoms with van der Waals surface area (Å²) in [5, 5.41) is 3.86. The number of amides is 1. The highest BCUT2D eigenvalue weighted by Gasteiger charge is 2.42. The highest BCUT2D eigenvalue weighted by atomic mass is 32.1. The van der Waals surface area contributed by atoms with E-state index in [1.165, 1.54) is 0 Å². The fraction of sp³-hybridized carbons (Fsp3) is 0.444. The molecular formula is C27H30N2O5S. The van der Waals surface area contributed by atoms with E-state index in [1.54, 1.807) is 11.3 Å². The molecule has 184 valence electrons. The second-order valence-electron chi connectivity index (χ2n) is 9.36. The molecule has 35 heavy (non-hydrogen) atoms. The van der Waals surface area contributed by atoms with E-state index in [4.69, 9.17) is 19.2 Å². The minimum atomic E-state index is -0.617. The predicted octanol–water partition coefficient (Wildman–Crippen LogP) is 4.98. The van der Waals surface area contributed by atoms with E-state index in [-0.39, 0.29) is 24.5 Å². The summed E-state index contributed by atoms with van der Waals surface area (Å²) in [6.45, 7) is 2.63. The largest absolute Gasteiger partial charge is 0.486 e. The van der Waals surface area contributed by atoms with Crippen LogP contribution in [0.1, 0.15) is 55.6 Å². The Kier molecular flexibility index (Phi) is 6.90. The first-order valence-electron chi connectivity index (χ1n) is 12.2. The Morgan fingerprint density at radius 3 is 2.66 bits per heavy atom. The molecule has 0 bridgehead atoms. The maximum atomic E-state index is 13.3. The number of carbonyl (C=O) groups is 2. The number of hydrogen-bond donors (Lipinski definition) is 1. The molecule has 1 amide bonds. The molecular weight excluding hydrogens is 464 g/mol. The van der Waals surface area contributed by atoms with Crippen LogP contribution in [0, 0.1) is 5.41 Å². The van der Waals surface area contributed by atoms with Crippen LogP contribution in [-0.2, 0) is 20.7 Å². The highest BCUT2D eigenvalue weighted by molar-refractivity contribution is 7.18. The van der Waals surface area contributed by atoms with E-state index < -0.39 is 5.41 Å². The molecule has 2 aromatic carbocycles. The second kappa shape index (κ2) is 10.2. The Bertz CT molecular complexity index is 1180. The Morgan fingerprint density at radius 2 is 1.86 bits per heavy atom. The van der Waals surface area contributed by atoms with Gasteiger partial charge in [0.25, 0.3) is 5.91 Å². The third-order valence-electron chi connectivity index (χ3n) is 6.85. The van der Waals surface area contributed by atoms with Gasteiger partial charge in [-0.25, -0.2) is 4.98 Å². The van der Waals surface area contributed by atoms with E-state index in [0.29, 0.717) is 31.1 Å². The van der Waals surface area contributed by atoms with Crippen molar-refractivity contribution in [1.29, 1.82) is 0 Å². The molecule has 0 radical (unpaired) electrons. The molecule has 1 aromatic heterocycles. The molecule has 2 heterocycles. The number of benzene rings is 2. The first kappa shape index (κ1) is 23.6. The fourth-order valence-electron chi connectivity index (χ4n) is 4.95. The number of carbonyl (C=O) groups excluding carboxylic acids is 2. The number of nitrogens with one attached hydrogen (secondary N) is 1. The van der Waals surface area contributed by atoms with Crippen molar-refractivity contribution in [2.75, 3.05) is 19.8 Å². The fourth-order valence-corrected chi connectivity index (χ4v) is 6.06. The predicted molar refractivity (Wildman–Crippen MR) is 134 cm³/mol. The SMILES string of the molecule is CC(NC(=O)COC(=O)C1(Cc2nc3ccccc3s2)CCCCC1)c1ccc2c(c1)OCCO2. The second-order valence-corrected chi connectivity index (χ2v) is 10.5. The van der Waals surface area contributed by atoms with Crippen LogP contribution in [-0.4, -0.2) is 36.7 Å². The molecule has 5 rings (SSSR count). The Balaban J connectivity index is 1.21. The number of ether oxygens (including phenoxy) is 3. The minimum Gasteiger partial charge on any atom is -0.486 e. The van der Waals surface area contributed by atoms with Crippen LogP contribution in [0.15, 0.2) is 42.5 Å². The number of aromatic nitrogens is 1. The number of thiazole rings is 1. The molecule has 3 aromatic rings. The Hall–Kier alpha value is -3.13. The summed E-state index contributed by atoms with van der Waals surface area (Å²) in [4.78, 5) is 30.7. The first-order valence-corrected chi connectivity index (χ1v) is 13.0. The van der Waals surface area contributed by atoms with Crippen LogP contribution in [0.4, 0.5) is 0 Å². The summed E-state index contributed by atoms with van der Waals surface area (Å²) in [7, 11) is 0. The first-order chi connectivity index (χ1) is 17.0. The molecule has 0 spiro atoms. The normalized spacial score (nSPS) is 17.5. The minimum absolute atomic E-state index is 0.261. The number of fused-ring (bicyclic) bond motifs is 2. The number of hydrogen-bond acceptors (Lipinski definition) is 7. The number of nitrogens with zero attached hydrogens (tertiary/aromatic N) is 1. The van der Waals surface area contributed by atoms with Gasteiger partial charge in [0.1, 0.15) is 13.2 Å². The van der Waals surface area contributed by atoms with E-state index in [1.807, 2.05) is 43.3 Å². The standard InChI is InChI=1S/C27H30N2O5S/c1-18(19-9-10-21-22(15-19)33-14-13-32-21)28-24(30)17-34-26(31)27(11-5-2-6-12-27)16-25-29-20-7-3-4-8-23(20)35-25/h3-4,7-10,15,18H,2,5-6,11-14,16-17H2,1H3,(H,28,30). The summed E-state index contributed by atoms with van der Waals surface area (Å²) in [6, 6.07) is 13.4. The lowest BCUT2D eigenvalue weighted by molar-refractivity contribution is -0.161. The molecule has 1 aliphatic heterocycles. The van der Waals surface area contributed by atoms with E-state index in [2.05, 4.69) is 11.4 Å². The maximum absolute atomic E-state index is 13.3. The molecule has 8 heteroatoms. The van der Waals surface area contributed by atoms with Crippen molar-refractivity contribution >= 4 is 33.4 Å². The summed E-state index contributed by atoms with van der Waals surface area (Å²) in [6.07, 6.45) is 5.15. The van der Waals surface area contributed by atoms with Gasteiger partial charge in [-0.05, 0) is 49.6 Å². The number of para-hydroxylation sites is 1. The summed E-state index contributed by atoms with van der Waals surface area (Å²) >= 11 is 1.63. The molecule has 7 nitrogen and oxygen atoms in total.